The lowest BCUT2D eigenvalue weighted by Gasteiger charge is -2.05. The first-order chi connectivity index (χ1) is 7.18. The van der Waals surface area contributed by atoms with E-state index in [4.69, 9.17) is 0 Å². The van der Waals surface area contributed by atoms with Crippen molar-refractivity contribution >= 4 is 21.8 Å². The number of halogens is 1. The molecule has 0 spiro atoms. The highest BCUT2D eigenvalue weighted by Crippen LogP contribution is 2.09. The van der Waals surface area contributed by atoms with Gasteiger partial charge in [-0.3, -0.25) is 4.79 Å². The van der Waals surface area contributed by atoms with Gasteiger partial charge in [0.15, 0.2) is 0 Å². The zero-order valence-corrected chi connectivity index (χ0v) is 10.3. The molecule has 1 aromatic rings. The van der Waals surface area contributed by atoms with E-state index in [1.165, 1.54) is 12.5 Å². The second-order valence-corrected chi connectivity index (χ2v) is 4.20. The highest BCUT2D eigenvalue weighted by molar-refractivity contribution is 9.10. The summed E-state index contributed by atoms with van der Waals surface area (Å²) < 4.78 is 1.09. The van der Waals surface area contributed by atoms with Crippen molar-refractivity contribution in [3.8, 4) is 0 Å². The zero-order valence-electron chi connectivity index (χ0n) is 8.72. The van der Waals surface area contributed by atoms with Crippen LogP contribution in [0.2, 0.25) is 0 Å². The molecule has 0 bridgehead atoms. The molecule has 15 heavy (non-hydrogen) atoms. The summed E-state index contributed by atoms with van der Waals surface area (Å²) in [7, 11) is 0. The van der Waals surface area contributed by atoms with Gasteiger partial charge < -0.3 is 10.6 Å². The Morgan fingerprint density at radius 3 is 2.53 bits per heavy atom. The van der Waals surface area contributed by atoms with Crippen molar-refractivity contribution in [3.63, 3.8) is 0 Å². The van der Waals surface area contributed by atoms with E-state index in [2.05, 4.69) is 38.7 Å². The van der Waals surface area contributed by atoms with Crippen LogP contribution in [0.4, 0.5) is 0 Å². The maximum absolute atomic E-state index is 10.6. The average Bonchev–Trinajstić information content (AvgIpc) is 2.20. The number of nitrogens with one attached hydrogen (secondary N) is 2. The zero-order chi connectivity index (χ0) is 11.1. The quantitative estimate of drug-likeness (QED) is 0.800. The Kier molecular flexibility index (Phi) is 5.36. The number of hydrogen-bond acceptors (Lipinski definition) is 2. The maximum Gasteiger partial charge on any atom is 0.216 e. The van der Waals surface area contributed by atoms with Gasteiger partial charge in [0, 0.05) is 31.0 Å². The van der Waals surface area contributed by atoms with Gasteiger partial charge in [0.25, 0.3) is 0 Å². The van der Waals surface area contributed by atoms with Crippen LogP contribution < -0.4 is 10.6 Å². The molecule has 4 heteroatoms. The van der Waals surface area contributed by atoms with Gasteiger partial charge in [0.2, 0.25) is 5.91 Å². The van der Waals surface area contributed by atoms with E-state index >= 15 is 0 Å². The Balaban J connectivity index is 2.15. The predicted molar refractivity (Wildman–Crippen MR) is 64.5 cm³/mol. The Morgan fingerprint density at radius 2 is 1.93 bits per heavy atom. The summed E-state index contributed by atoms with van der Waals surface area (Å²) in [6.45, 7) is 3.81. The molecule has 0 saturated carbocycles. The summed E-state index contributed by atoms with van der Waals surface area (Å²) in [6.07, 6.45) is 0. The number of amides is 1. The van der Waals surface area contributed by atoms with E-state index in [0.29, 0.717) is 6.54 Å². The number of hydrogen-bond donors (Lipinski definition) is 2. The SMILES string of the molecule is CC(=O)NCCNCc1ccc(Br)cc1. The van der Waals surface area contributed by atoms with Gasteiger partial charge in [0.05, 0.1) is 0 Å². The Hall–Kier alpha value is -0.870. The monoisotopic (exact) mass is 270 g/mol. The van der Waals surface area contributed by atoms with Crippen molar-refractivity contribution in [1.82, 2.24) is 10.6 Å². The number of benzene rings is 1. The lowest BCUT2D eigenvalue weighted by molar-refractivity contribution is -0.118. The van der Waals surface area contributed by atoms with Gasteiger partial charge in [-0.1, -0.05) is 28.1 Å². The van der Waals surface area contributed by atoms with Crippen LogP contribution in [0.3, 0.4) is 0 Å². The standard InChI is InChI=1S/C11H15BrN2O/c1-9(15)14-7-6-13-8-10-2-4-11(12)5-3-10/h2-5,13H,6-8H2,1H3,(H,14,15). The Morgan fingerprint density at radius 1 is 1.27 bits per heavy atom. The van der Waals surface area contributed by atoms with Crippen molar-refractivity contribution in [2.45, 2.75) is 13.5 Å². The lowest BCUT2D eigenvalue weighted by Crippen LogP contribution is -2.29. The van der Waals surface area contributed by atoms with Crippen molar-refractivity contribution in [2.24, 2.45) is 0 Å². The topological polar surface area (TPSA) is 41.1 Å². The predicted octanol–water partition coefficient (Wildman–Crippen LogP) is 1.67. The summed E-state index contributed by atoms with van der Waals surface area (Å²) in [5, 5.41) is 5.98. The number of carbonyl (C=O) groups excluding carboxylic acids is 1. The minimum absolute atomic E-state index is 0.0143. The highest BCUT2D eigenvalue weighted by atomic mass is 79.9. The van der Waals surface area contributed by atoms with Crippen LogP contribution in [0.5, 0.6) is 0 Å². The third kappa shape index (κ3) is 5.54. The third-order valence-corrected chi connectivity index (χ3v) is 2.45. The summed E-state index contributed by atoms with van der Waals surface area (Å²) in [5.41, 5.74) is 1.24. The Bertz CT molecular complexity index is 311. The first kappa shape index (κ1) is 12.2. The van der Waals surface area contributed by atoms with E-state index in [1.54, 1.807) is 0 Å². The summed E-state index contributed by atoms with van der Waals surface area (Å²) in [6, 6.07) is 8.17. The molecule has 0 aromatic heterocycles. The van der Waals surface area contributed by atoms with Crippen molar-refractivity contribution in [2.75, 3.05) is 13.1 Å². The second kappa shape index (κ2) is 6.58. The molecule has 2 N–H and O–H groups in total. The molecular weight excluding hydrogens is 256 g/mol. The second-order valence-electron chi connectivity index (χ2n) is 3.29. The molecule has 0 aliphatic carbocycles. The molecule has 1 aromatic carbocycles. The molecule has 1 amide bonds. The van der Waals surface area contributed by atoms with Crippen LogP contribution in [0.25, 0.3) is 0 Å². The van der Waals surface area contributed by atoms with Crippen LogP contribution in [0, 0.1) is 0 Å². The van der Waals surface area contributed by atoms with E-state index in [0.717, 1.165) is 17.6 Å². The highest BCUT2D eigenvalue weighted by Gasteiger charge is 1.93. The van der Waals surface area contributed by atoms with Crippen molar-refractivity contribution in [3.05, 3.63) is 34.3 Å². The van der Waals surface area contributed by atoms with Crippen LogP contribution in [0.1, 0.15) is 12.5 Å². The van der Waals surface area contributed by atoms with Crippen LogP contribution in [-0.4, -0.2) is 19.0 Å². The first-order valence-electron chi connectivity index (χ1n) is 4.88. The van der Waals surface area contributed by atoms with Gasteiger partial charge in [0.1, 0.15) is 0 Å². The smallest absolute Gasteiger partial charge is 0.216 e. The fourth-order valence-corrected chi connectivity index (χ4v) is 1.43. The molecule has 0 aliphatic heterocycles. The van der Waals surface area contributed by atoms with E-state index in [-0.39, 0.29) is 5.91 Å². The molecule has 0 atom stereocenters. The maximum atomic E-state index is 10.6. The molecule has 0 saturated heterocycles. The van der Waals surface area contributed by atoms with E-state index in [1.807, 2.05) is 12.1 Å². The van der Waals surface area contributed by atoms with Gasteiger partial charge in [-0.25, -0.2) is 0 Å². The summed E-state index contributed by atoms with van der Waals surface area (Å²) in [4.78, 5) is 10.6. The average molecular weight is 271 g/mol. The molecule has 0 radical (unpaired) electrons. The van der Waals surface area contributed by atoms with Gasteiger partial charge >= 0.3 is 0 Å². The fourth-order valence-electron chi connectivity index (χ4n) is 1.16. The molecule has 0 unspecified atom stereocenters. The minimum Gasteiger partial charge on any atom is -0.355 e. The molecule has 0 aliphatic rings. The molecular formula is C11H15BrN2O. The Labute approximate surface area is 98.4 Å². The van der Waals surface area contributed by atoms with Crippen molar-refractivity contribution in [1.29, 1.82) is 0 Å². The third-order valence-electron chi connectivity index (χ3n) is 1.92. The molecule has 82 valence electrons. The first-order valence-corrected chi connectivity index (χ1v) is 5.67. The number of carbonyl (C=O) groups is 1. The van der Waals surface area contributed by atoms with E-state index in [9.17, 15) is 4.79 Å². The van der Waals surface area contributed by atoms with Crippen LogP contribution in [0.15, 0.2) is 28.7 Å². The van der Waals surface area contributed by atoms with Gasteiger partial charge in [-0.2, -0.15) is 0 Å². The molecule has 3 nitrogen and oxygen atoms in total. The minimum atomic E-state index is 0.0143. The molecule has 0 heterocycles. The largest absolute Gasteiger partial charge is 0.355 e. The summed E-state index contributed by atoms with van der Waals surface area (Å²) >= 11 is 3.39. The van der Waals surface area contributed by atoms with Crippen molar-refractivity contribution < 1.29 is 4.79 Å². The fraction of sp³-hybridized carbons (Fsp3) is 0.364. The normalized spacial score (nSPS) is 10.0. The molecule has 0 fully saturated rings. The molecule has 1 rings (SSSR count). The van der Waals surface area contributed by atoms with Crippen LogP contribution >= 0.6 is 15.9 Å². The summed E-state index contributed by atoms with van der Waals surface area (Å²) in [5.74, 6) is 0.0143. The number of rotatable bonds is 5. The lowest BCUT2D eigenvalue weighted by atomic mass is 10.2. The van der Waals surface area contributed by atoms with Gasteiger partial charge in [-0.15, -0.1) is 0 Å². The van der Waals surface area contributed by atoms with Gasteiger partial charge in [-0.05, 0) is 17.7 Å². The van der Waals surface area contributed by atoms with E-state index < -0.39 is 0 Å². The van der Waals surface area contributed by atoms with Crippen LogP contribution in [-0.2, 0) is 11.3 Å².